The zero-order valence-corrected chi connectivity index (χ0v) is 14.8. The van der Waals surface area contributed by atoms with Crippen LogP contribution in [0.2, 0.25) is 0 Å². The highest BCUT2D eigenvalue weighted by Gasteiger charge is 2.22. The van der Waals surface area contributed by atoms with E-state index < -0.39 is 0 Å². The number of ether oxygens (including phenoxy) is 2. The van der Waals surface area contributed by atoms with Crippen molar-refractivity contribution in [3.63, 3.8) is 0 Å². The van der Waals surface area contributed by atoms with Crippen LogP contribution >= 0.6 is 0 Å². The molecule has 1 amide bonds. The van der Waals surface area contributed by atoms with Crippen LogP contribution in [0.4, 0.5) is 0 Å². The van der Waals surface area contributed by atoms with E-state index in [1.807, 2.05) is 48.5 Å². The highest BCUT2D eigenvalue weighted by atomic mass is 16.5. The maximum absolute atomic E-state index is 11.4. The van der Waals surface area contributed by atoms with Crippen molar-refractivity contribution in [1.82, 2.24) is 5.32 Å². The smallest absolute Gasteiger partial charge is 0.220 e. The molecule has 0 saturated carbocycles. The molecule has 0 radical (unpaired) electrons. The predicted molar refractivity (Wildman–Crippen MR) is 85.0 cm³/mol. The Hall–Kier alpha value is -0.610. The van der Waals surface area contributed by atoms with Crippen LogP contribution in [-0.4, -0.2) is 37.4 Å². The van der Waals surface area contributed by atoms with Gasteiger partial charge in [0.2, 0.25) is 5.91 Å². The van der Waals surface area contributed by atoms with Gasteiger partial charge in [-0.1, -0.05) is 13.8 Å². The number of hydrogen-bond donors (Lipinski definition) is 1. The second-order valence-corrected chi connectivity index (χ2v) is 5.78. The molecular formula is C16H35NO3. The van der Waals surface area contributed by atoms with Crippen LogP contribution in [0.15, 0.2) is 0 Å². The Labute approximate surface area is 125 Å². The molecule has 0 aromatic rings. The lowest BCUT2D eigenvalue weighted by Gasteiger charge is -2.28. The minimum absolute atomic E-state index is 0.0893. The molecule has 0 bridgehead atoms. The summed E-state index contributed by atoms with van der Waals surface area (Å²) in [4.78, 5) is 11.4. The summed E-state index contributed by atoms with van der Waals surface area (Å²) in [7, 11) is 1.71. The molecule has 1 N–H and O–H groups in total. The van der Waals surface area contributed by atoms with Crippen molar-refractivity contribution in [2.75, 3.05) is 20.3 Å². The van der Waals surface area contributed by atoms with E-state index in [0.29, 0.717) is 19.6 Å². The van der Waals surface area contributed by atoms with E-state index in [0.717, 1.165) is 12.8 Å². The molecule has 0 aromatic carbocycles. The first-order valence-corrected chi connectivity index (χ1v) is 7.68. The van der Waals surface area contributed by atoms with Crippen LogP contribution in [0.3, 0.4) is 0 Å². The van der Waals surface area contributed by atoms with E-state index in [2.05, 4.69) is 5.32 Å². The van der Waals surface area contributed by atoms with Crippen LogP contribution in [0, 0.1) is 0 Å². The lowest BCUT2D eigenvalue weighted by molar-refractivity contribution is -0.123. The number of rotatable bonds is 9. The largest absolute Gasteiger partial charge is 0.379 e. The van der Waals surface area contributed by atoms with Gasteiger partial charge in [-0.2, -0.15) is 0 Å². The molecule has 20 heavy (non-hydrogen) atoms. The van der Waals surface area contributed by atoms with Gasteiger partial charge in [-0.3, -0.25) is 4.79 Å². The molecule has 0 aliphatic carbocycles. The van der Waals surface area contributed by atoms with E-state index in [9.17, 15) is 4.79 Å². The lowest BCUT2D eigenvalue weighted by Crippen LogP contribution is -2.32. The quantitative estimate of drug-likeness (QED) is 0.706. The van der Waals surface area contributed by atoms with Gasteiger partial charge in [0.1, 0.15) is 0 Å². The zero-order valence-electron chi connectivity index (χ0n) is 14.8. The molecule has 0 fully saturated rings. The van der Waals surface area contributed by atoms with E-state index >= 15 is 0 Å². The maximum Gasteiger partial charge on any atom is 0.220 e. The molecular weight excluding hydrogens is 254 g/mol. The van der Waals surface area contributed by atoms with Crippen molar-refractivity contribution >= 4 is 5.91 Å². The first-order chi connectivity index (χ1) is 9.22. The number of hydrogen-bond acceptors (Lipinski definition) is 3. The Bertz CT molecular complexity index is 250. The van der Waals surface area contributed by atoms with Crippen molar-refractivity contribution in [1.29, 1.82) is 0 Å². The van der Waals surface area contributed by atoms with Crippen LogP contribution in [0.1, 0.15) is 67.7 Å². The molecule has 4 heteroatoms. The maximum atomic E-state index is 11.4. The van der Waals surface area contributed by atoms with Gasteiger partial charge in [0, 0.05) is 20.1 Å². The van der Waals surface area contributed by atoms with Gasteiger partial charge < -0.3 is 14.8 Å². The van der Waals surface area contributed by atoms with Gasteiger partial charge >= 0.3 is 0 Å². The van der Waals surface area contributed by atoms with Crippen LogP contribution in [0.5, 0.6) is 0 Å². The number of methoxy groups -OCH3 is 1. The highest BCUT2D eigenvalue weighted by molar-refractivity contribution is 5.75. The third-order valence-electron chi connectivity index (χ3n) is 3.08. The fourth-order valence-corrected chi connectivity index (χ4v) is 1.45. The van der Waals surface area contributed by atoms with Crippen molar-refractivity contribution in [3.05, 3.63) is 0 Å². The Morgan fingerprint density at radius 2 is 1.60 bits per heavy atom. The number of carbonyl (C=O) groups is 1. The van der Waals surface area contributed by atoms with Gasteiger partial charge in [-0.25, -0.2) is 0 Å². The van der Waals surface area contributed by atoms with Crippen LogP contribution in [-0.2, 0) is 14.3 Å². The Balaban J connectivity index is 0. The molecule has 0 spiro atoms. The molecule has 0 aliphatic rings. The summed E-state index contributed by atoms with van der Waals surface area (Å²) >= 11 is 0. The van der Waals surface area contributed by atoms with E-state index in [1.165, 1.54) is 0 Å². The molecule has 0 aromatic heterocycles. The topological polar surface area (TPSA) is 47.6 Å². The van der Waals surface area contributed by atoms with Crippen molar-refractivity contribution in [2.24, 2.45) is 0 Å². The fraction of sp³-hybridized carbons (Fsp3) is 0.938. The average molecular weight is 289 g/mol. The second-order valence-electron chi connectivity index (χ2n) is 5.78. The number of amides is 1. The van der Waals surface area contributed by atoms with Gasteiger partial charge in [-0.05, 0) is 47.5 Å². The van der Waals surface area contributed by atoms with Crippen molar-refractivity contribution in [3.8, 4) is 0 Å². The van der Waals surface area contributed by atoms with Gasteiger partial charge in [0.25, 0.3) is 0 Å². The van der Waals surface area contributed by atoms with Gasteiger partial charge in [0.05, 0.1) is 17.8 Å². The first kappa shape index (κ1) is 21.7. The summed E-state index contributed by atoms with van der Waals surface area (Å²) < 4.78 is 11.2. The fourth-order valence-electron chi connectivity index (χ4n) is 1.45. The average Bonchev–Trinajstić information content (AvgIpc) is 2.39. The van der Waals surface area contributed by atoms with E-state index in [4.69, 9.17) is 9.47 Å². The Morgan fingerprint density at radius 1 is 1.05 bits per heavy atom. The number of carbonyl (C=O) groups excluding carboxylic acids is 1. The van der Waals surface area contributed by atoms with Crippen LogP contribution < -0.4 is 5.32 Å². The monoisotopic (exact) mass is 289 g/mol. The summed E-state index contributed by atoms with van der Waals surface area (Å²) in [6.45, 7) is 15.4. The molecule has 0 atom stereocenters. The van der Waals surface area contributed by atoms with E-state index in [1.54, 1.807) is 7.11 Å². The second kappa shape index (κ2) is 11.1. The molecule has 4 nitrogen and oxygen atoms in total. The predicted octanol–water partition coefficient (Wildman–Crippen LogP) is 3.54. The van der Waals surface area contributed by atoms with Crippen molar-refractivity contribution in [2.45, 2.75) is 78.9 Å². The molecule has 0 saturated heterocycles. The third kappa shape index (κ3) is 12.4. The van der Waals surface area contributed by atoms with Crippen molar-refractivity contribution < 1.29 is 14.3 Å². The zero-order chi connectivity index (χ0) is 16.2. The van der Waals surface area contributed by atoms with Gasteiger partial charge in [0.15, 0.2) is 0 Å². The minimum Gasteiger partial charge on any atom is -0.379 e. The Morgan fingerprint density at radius 3 is 2.05 bits per heavy atom. The van der Waals surface area contributed by atoms with E-state index in [-0.39, 0.29) is 17.1 Å². The summed E-state index contributed by atoms with van der Waals surface area (Å²) in [5, 5.41) is 2.79. The third-order valence-corrected chi connectivity index (χ3v) is 3.08. The molecule has 0 rings (SSSR count). The van der Waals surface area contributed by atoms with Crippen LogP contribution in [0.25, 0.3) is 0 Å². The summed E-state index contributed by atoms with van der Waals surface area (Å²) in [6.07, 6.45) is 2.08. The summed E-state index contributed by atoms with van der Waals surface area (Å²) in [6, 6.07) is 0. The molecule has 0 unspecified atom stereocenters. The molecule has 122 valence electrons. The highest BCUT2D eigenvalue weighted by Crippen LogP contribution is 2.20. The number of nitrogens with one attached hydrogen (secondary N) is 1. The summed E-state index contributed by atoms with van der Waals surface area (Å²) in [5.41, 5.74) is -0.426. The normalized spacial score (nSPS) is 11.6. The molecule has 0 heterocycles. The molecule has 0 aliphatic heterocycles. The summed E-state index contributed by atoms with van der Waals surface area (Å²) in [5.74, 6) is 0.0893. The lowest BCUT2D eigenvalue weighted by atomic mass is 10.0. The van der Waals surface area contributed by atoms with Gasteiger partial charge in [-0.15, -0.1) is 0 Å². The first-order valence-electron chi connectivity index (χ1n) is 7.68. The Kier molecular flexibility index (Phi) is 12.0. The minimum atomic E-state index is -0.269. The standard InChI is InChI=1S/C14H29NO3.C2H6/c1-7-15-12(16)8-9-14(4,5)18-11-10-13(2,3)17-6;1-2/h7-11H2,1-6H3,(H,15,16);1-2H3. The SMILES string of the molecule is CC.CCNC(=O)CCC(C)(C)OCCC(C)(C)OC.